The quantitative estimate of drug-likeness (QED) is 0.0705. The maximum atomic E-state index is 15.8. The fraction of sp³-hybridized carbons (Fsp3) is 0.644. The van der Waals surface area contributed by atoms with E-state index in [0.29, 0.717) is 81.5 Å². The van der Waals surface area contributed by atoms with Gasteiger partial charge in [-0.25, -0.2) is 4.79 Å². The number of fused-ring (bicyclic) bond motifs is 12. The normalized spacial score (nSPS) is 47.8. The van der Waals surface area contributed by atoms with Gasteiger partial charge < -0.3 is 40.0 Å². The number of aldehydes is 1. The van der Waals surface area contributed by atoms with Crippen molar-refractivity contribution >= 4 is 12.3 Å². The van der Waals surface area contributed by atoms with Gasteiger partial charge in [-0.1, -0.05) is 90.7 Å². The van der Waals surface area contributed by atoms with Gasteiger partial charge in [0.25, 0.3) is 0 Å². The van der Waals surface area contributed by atoms with Crippen LogP contribution in [0.3, 0.4) is 0 Å². The largest absolute Gasteiger partial charge is 0.454 e. The van der Waals surface area contributed by atoms with Gasteiger partial charge in [0.05, 0.1) is 35.4 Å². The van der Waals surface area contributed by atoms with Crippen LogP contribution < -0.4 is 5.32 Å². The molecule has 23 atom stereocenters. The molecule has 14 bridgehead atoms. The fourth-order valence-corrected chi connectivity index (χ4v) is 24.4. The molecule has 3 heterocycles. The smallest absolute Gasteiger partial charge is 0.331 e. The molecule has 3 aromatic carbocycles. The highest BCUT2D eigenvalue weighted by molar-refractivity contribution is 5.86. The third-order valence-corrected chi connectivity index (χ3v) is 27.2. The van der Waals surface area contributed by atoms with Crippen molar-refractivity contribution in [1.29, 1.82) is 0 Å². The third-order valence-electron chi connectivity index (χ3n) is 27.2. The zero-order chi connectivity index (χ0) is 55.5. The Kier molecular flexibility index (Phi) is 12.5. The van der Waals surface area contributed by atoms with Gasteiger partial charge in [0.1, 0.15) is 18.0 Å². The molecule has 9 fully saturated rings. The minimum atomic E-state index is -1.74. The van der Waals surface area contributed by atoms with Crippen LogP contribution in [0.1, 0.15) is 149 Å². The molecule has 0 radical (unpaired) electrons. The van der Waals surface area contributed by atoms with Gasteiger partial charge in [-0.3, -0.25) is 0 Å². The molecule has 14 aliphatic rings. The van der Waals surface area contributed by atoms with Gasteiger partial charge in [0.2, 0.25) is 0 Å². The van der Waals surface area contributed by atoms with E-state index in [1.54, 1.807) is 6.08 Å². The Morgan fingerprint density at radius 2 is 1.67 bits per heavy atom. The molecule has 17 rings (SSSR count). The maximum absolute atomic E-state index is 15.8. The summed E-state index contributed by atoms with van der Waals surface area (Å²) in [6.45, 7) is -0.102. The average Bonchev–Trinajstić information content (AvgIpc) is 1.48. The predicted octanol–water partition coefficient (Wildman–Crippen LogP) is 10.4. The van der Waals surface area contributed by atoms with Crippen molar-refractivity contribution in [1.82, 2.24) is 5.32 Å². The lowest BCUT2D eigenvalue weighted by atomic mass is 9.33. The van der Waals surface area contributed by atoms with Crippen LogP contribution >= 0.6 is 0 Å². The van der Waals surface area contributed by atoms with Crippen molar-refractivity contribution in [3.63, 3.8) is 0 Å². The van der Waals surface area contributed by atoms with Crippen LogP contribution in [-0.2, 0) is 51.4 Å². The molecule has 0 aromatic heterocycles. The van der Waals surface area contributed by atoms with Gasteiger partial charge in [0, 0.05) is 52.7 Å². The first-order chi connectivity index (χ1) is 39.8. The number of aliphatic hydroxyl groups excluding tert-OH is 1. The van der Waals surface area contributed by atoms with Gasteiger partial charge >= 0.3 is 5.97 Å². The van der Waals surface area contributed by atoms with Gasteiger partial charge in [-0.15, -0.1) is 0 Å². The summed E-state index contributed by atoms with van der Waals surface area (Å²) in [7, 11) is 1.98. The van der Waals surface area contributed by atoms with E-state index in [4.69, 9.17) is 9.47 Å². The van der Waals surface area contributed by atoms with Crippen molar-refractivity contribution in [3.8, 4) is 11.8 Å². The standard InChI is InChI=1S/C73H87NO8/c1-74-62-35-57-48(15-8-17-51(57)40-75)14-5-6-24-69-25-23-63-70(42-76)41-68-37-47(20-19-43-10-3-2-4-11-43)29-53(68)33-55-30-45-13-7-12-44(26-45)27-46-21-22-50(28-46)56-18-9-16-49-32-61(67(68)81-55)73(70,80)54(34-58(49)56)39-71(63,78)72(69,79)38-52-31-59(62)66-60(65(52)69)36-64(77)82-66/h2-4,7-13,15-17,26,36,42,46-47,49-50,52-56,58-59,61-63,65-67,74-75,78-80H,6,18-25,27-35,37-41H2,1H3. The third kappa shape index (κ3) is 7.39. The highest BCUT2D eigenvalue weighted by Gasteiger charge is 2.85. The number of carbonyl (C=O) groups excluding carboxylic acids is 2. The molecule has 8 saturated carbocycles. The van der Waals surface area contributed by atoms with Crippen LogP contribution in [0.5, 0.6) is 0 Å². The Morgan fingerprint density at radius 1 is 0.817 bits per heavy atom. The summed E-state index contributed by atoms with van der Waals surface area (Å²) in [5, 5.41) is 59.8. The first kappa shape index (κ1) is 53.1. The minimum Gasteiger partial charge on any atom is -0.454 e. The number of ether oxygens (including phenoxy) is 2. The fourth-order valence-electron chi connectivity index (χ4n) is 24.4. The average molecular weight is 1110 g/mol. The Labute approximate surface area is 485 Å². The number of aliphatic hydroxyl groups is 4. The summed E-state index contributed by atoms with van der Waals surface area (Å²) in [5.74, 6) is 7.64. The highest BCUT2D eigenvalue weighted by atomic mass is 16.5. The molecule has 5 N–H and O–H groups in total. The zero-order valence-electron chi connectivity index (χ0n) is 48.2. The molecule has 432 valence electrons. The molecule has 2 spiro atoms. The minimum absolute atomic E-state index is 0.0163. The molecular weight excluding hydrogens is 1020 g/mol. The number of benzene rings is 3. The van der Waals surface area contributed by atoms with E-state index >= 15 is 20.1 Å². The molecule has 9 nitrogen and oxygen atoms in total. The van der Waals surface area contributed by atoms with E-state index in [1.807, 2.05) is 25.2 Å². The summed E-state index contributed by atoms with van der Waals surface area (Å²) < 4.78 is 14.4. The van der Waals surface area contributed by atoms with Crippen LogP contribution in [0.15, 0.2) is 96.6 Å². The lowest BCUT2D eigenvalue weighted by Crippen LogP contribution is -2.83. The highest BCUT2D eigenvalue weighted by Crippen LogP contribution is 2.81. The monoisotopic (exact) mass is 1110 g/mol. The first-order valence-electron chi connectivity index (χ1n) is 32.7. The Morgan fingerprint density at radius 3 is 2.51 bits per heavy atom. The number of rotatable bonds is 6. The zero-order valence-corrected chi connectivity index (χ0v) is 48.2. The molecule has 0 amide bonds. The van der Waals surface area contributed by atoms with Crippen LogP contribution in [0.4, 0.5) is 0 Å². The number of aryl methyl sites for hydroxylation is 1. The molecular formula is C73H87NO8. The second-order valence-corrected chi connectivity index (χ2v) is 30.0. The van der Waals surface area contributed by atoms with Gasteiger partial charge in [-0.2, -0.15) is 0 Å². The number of allylic oxidation sites excluding steroid dienone is 2. The number of hydrogen-bond donors (Lipinski definition) is 5. The molecule has 3 aromatic rings. The van der Waals surface area contributed by atoms with E-state index < -0.39 is 51.0 Å². The van der Waals surface area contributed by atoms with Gasteiger partial charge in [0.15, 0.2) is 0 Å². The van der Waals surface area contributed by atoms with Crippen LogP contribution in [0, 0.1) is 105 Å². The predicted molar refractivity (Wildman–Crippen MR) is 312 cm³/mol. The number of esters is 1. The van der Waals surface area contributed by atoms with Crippen molar-refractivity contribution in [3.05, 3.63) is 130 Å². The molecule has 3 aliphatic heterocycles. The SMILES string of the molecule is CNC1Cc2c(cccc2CO)C#CCCC23CCC4C(O)(CC5CC6C7C=CCC6C6CCC(Cc8cccc(c8)CC8CC9CC(CCc%10ccccc%10)CC9%10CC4(C=O)C5(O)C(C7)C%10O8)C6)C2(O)CC2CC1C1OC(=O)C=C1C23. The molecule has 9 heteroatoms. The van der Waals surface area contributed by atoms with Crippen molar-refractivity contribution in [2.75, 3.05) is 7.05 Å². The van der Waals surface area contributed by atoms with E-state index in [1.165, 1.54) is 42.2 Å². The Bertz CT molecular complexity index is 3180. The molecule has 23 unspecified atom stereocenters. The topological polar surface area (TPSA) is 146 Å². The van der Waals surface area contributed by atoms with Gasteiger partial charge in [-0.05, 0) is 241 Å². The second-order valence-electron chi connectivity index (χ2n) is 30.0. The molecule has 82 heavy (non-hydrogen) atoms. The number of hydrogen-bond acceptors (Lipinski definition) is 9. The Balaban J connectivity index is 0.871. The maximum Gasteiger partial charge on any atom is 0.331 e. The molecule has 1 saturated heterocycles. The number of likely N-dealkylation sites (N-methyl/N-ethyl adjacent to an activating group) is 1. The lowest BCUT2D eigenvalue weighted by molar-refractivity contribution is -0.366. The summed E-state index contributed by atoms with van der Waals surface area (Å²) >= 11 is 0. The van der Waals surface area contributed by atoms with Crippen LogP contribution in [-0.4, -0.2) is 80.9 Å². The second kappa shape index (κ2) is 19.3. The van der Waals surface area contributed by atoms with E-state index in [-0.39, 0.29) is 78.7 Å². The number of carbonyl (C=O) groups is 2. The lowest BCUT2D eigenvalue weighted by Gasteiger charge is -2.75. The van der Waals surface area contributed by atoms with Crippen molar-refractivity contribution < 1.29 is 39.5 Å². The van der Waals surface area contributed by atoms with Crippen molar-refractivity contribution in [2.24, 2.45) is 93.2 Å². The van der Waals surface area contributed by atoms with E-state index in [2.05, 4.69) is 83.9 Å². The van der Waals surface area contributed by atoms with Crippen LogP contribution in [0.25, 0.3) is 0 Å². The summed E-state index contributed by atoms with van der Waals surface area (Å²) in [4.78, 5) is 29.7. The van der Waals surface area contributed by atoms with Crippen LogP contribution in [0.2, 0.25) is 0 Å². The summed E-state index contributed by atoms with van der Waals surface area (Å²) in [5.41, 5.74) is 0.296. The first-order valence-corrected chi connectivity index (χ1v) is 32.7. The van der Waals surface area contributed by atoms with E-state index in [0.717, 1.165) is 80.1 Å². The van der Waals surface area contributed by atoms with Crippen molar-refractivity contribution in [2.45, 2.75) is 189 Å². The summed E-state index contributed by atoms with van der Waals surface area (Å²) in [6, 6.07) is 26.2. The number of nitrogens with one attached hydrogen (secondary N) is 1. The summed E-state index contributed by atoms with van der Waals surface area (Å²) in [6.07, 6.45) is 24.6. The van der Waals surface area contributed by atoms with E-state index in [9.17, 15) is 9.90 Å². The Hall–Kier alpha value is -4.40. The molecule has 11 aliphatic carbocycles.